The van der Waals surface area contributed by atoms with Crippen LogP contribution in [0.4, 0.5) is 5.69 Å². The van der Waals surface area contributed by atoms with E-state index in [1.807, 2.05) is 13.0 Å². The third-order valence-electron chi connectivity index (χ3n) is 2.08. The van der Waals surface area contributed by atoms with Crippen LogP contribution in [0.25, 0.3) is 5.69 Å². The van der Waals surface area contributed by atoms with Crippen molar-refractivity contribution in [1.82, 2.24) is 20.2 Å². The minimum Gasteiger partial charge on any atom is -0.398 e. The number of rotatable bonds is 2. The lowest BCUT2D eigenvalue weighted by Gasteiger charge is -2.04. The van der Waals surface area contributed by atoms with Crippen molar-refractivity contribution < 1.29 is 0 Å². The Morgan fingerprint density at radius 3 is 2.93 bits per heavy atom. The van der Waals surface area contributed by atoms with Crippen LogP contribution in [0.1, 0.15) is 12.7 Å². The standard InChI is InChI=1S/C9H10ClN5/c1-2-9-12-13-14-15(9)6-3-4-8(11)7(10)5-6/h3-5H,2,11H2,1H3. The third-order valence-corrected chi connectivity index (χ3v) is 2.41. The van der Waals surface area contributed by atoms with Crippen molar-refractivity contribution in [2.24, 2.45) is 0 Å². The first kappa shape index (κ1) is 9.92. The van der Waals surface area contributed by atoms with Crippen LogP contribution >= 0.6 is 11.6 Å². The van der Waals surface area contributed by atoms with Crippen LogP contribution < -0.4 is 5.73 Å². The molecule has 0 fully saturated rings. The Morgan fingerprint density at radius 1 is 1.47 bits per heavy atom. The van der Waals surface area contributed by atoms with Gasteiger partial charge in [0.25, 0.3) is 0 Å². The number of hydrogen-bond donors (Lipinski definition) is 1. The first-order valence-corrected chi connectivity index (χ1v) is 4.93. The molecule has 2 aromatic rings. The van der Waals surface area contributed by atoms with Gasteiger partial charge in [-0.3, -0.25) is 0 Å². The highest BCUT2D eigenvalue weighted by atomic mass is 35.5. The minimum absolute atomic E-state index is 0.505. The Balaban J connectivity index is 2.50. The van der Waals surface area contributed by atoms with E-state index >= 15 is 0 Å². The second-order valence-corrected chi connectivity index (χ2v) is 3.47. The van der Waals surface area contributed by atoms with Crippen LogP contribution in [-0.2, 0) is 6.42 Å². The predicted molar refractivity (Wildman–Crippen MR) is 58.0 cm³/mol. The van der Waals surface area contributed by atoms with Crippen LogP contribution in [0.2, 0.25) is 5.02 Å². The first-order chi connectivity index (χ1) is 7.22. The van der Waals surface area contributed by atoms with E-state index in [2.05, 4.69) is 15.5 Å². The molecule has 6 heteroatoms. The van der Waals surface area contributed by atoms with Crippen LogP contribution in [-0.4, -0.2) is 20.2 Å². The highest BCUT2D eigenvalue weighted by molar-refractivity contribution is 6.33. The molecular weight excluding hydrogens is 214 g/mol. The number of benzene rings is 1. The topological polar surface area (TPSA) is 69.6 Å². The zero-order valence-corrected chi connectivity index (χ0v) is 8.94. The molecule has 0 amide bonds. The Morgan fingerprint density at radius 2 is 2.27 bits per heavy atom. The predicted octanol–water partition coefficient (Wildman–Crippen LogP) is 1.46. The molecule has 0 bridgehead atoms. The summed E-state index contributed by atoms with van der Waals surface area (Å²) in [5.41, 5.74) is 6.98. The molecular formula is C9H10ClN5. The van der Waals surface area contributed by atoms with Gasteiger partial charge in [0, 0.05) is 6.42 Å². The van der Waals surface area contributed by atoms with Crippen molar-refractivity contribution in [2.45, 2.75) is 13.3 Å². The molecule has 2 rings (SSSR count). The summed E-state index contributed by atoms with van der Waals surface area (Å²) in [6.45, 7) is 1.99. The first-order valence-electron chi connectivity index (χ1n) is 4.55. The lowest BCUT2D eigenvalue weighted by atomic mass is 10.3. The molecule has 0 aliphatic carbocycles. The molecule has 0 saturated heterocycles. The van der Waals surface area contributed by atoms with Gasteiger partial charge in [0.2, 0.25) is 0 Å². The molecule has 2 N–H and O–H groups in total. The summed E-state index contributed by atoms with van der Waals surface area (Å²) in [6, 6.07) is 5.31. The minimum atomic E-state index is 0.505. The number of nitrogens with zero attached hydrogens (tertiary/aromatic N) is 4. The molecule has 0 spiro atoms. The Hall–Kier alpha value is -1.62. The Kier molecular flexibility index (Phi) is 2.55. The van der Waals surface area contributed by atoms with Gasteiger partial charge >= 0.3 is 0 Å². The molecule has 5 nitrogen and oxygen atoms in total. The number of tetrazole rings is 1. The fourth-order valence-electron chi connectivity index (χ4n) is 1.27. The number of halogens is 1. The molecule has 15 heavy (non-hydrogen) atoms. The Bertz CT molecular complexity index is 479. The second kappa shape index (κ2) is 3.86. The van der Waals surface area contributed by atoms with Gasteiger partial charge in [-0.05, 0) is 28.6 Å². The van der Waals surface area contributed by atoms with Crippen LogP contribution in [0.5, 0.6) is 0 Å². The van der Waals surface area contributed by atoms with Crippen molar-refractivity contribution in [3.05, 3.63) is 29.0 Å². The summed E-state index contributed by atoms with van der Waals surface area (Å²) in [5.74, 6) is 0.788. The Labute approximate surface area is 91.8 Å². The number of hydrogen-bond acceptors (Lipinski definition) is 4. The lowest BCUT2D eigenvalue weighted by molar-refractivity contribution is 0.766. The van der Waals surface area contributed by atoms with Crippen molar-refractivity contribution in [1.29, 1.82) is 0 Å². The van der Waals surface area contributed by atoms with Gasteiger partial charge in [-0.15, -0.1) is 5.10 Å². The highest BCUT2D eigenvalue weighted by Crippen LogP contribution is 2.21. The molecule has 1 aromatic heterocycles. The molecule has 1 aromatic carbocycles. The molecule has 0 atom stereocenters. The van der Waals surface area contributed by atoms with Gasteiger partial charge in [-0.25, -0.2) is 0 Å². The van der Waals surface area contributed by atoms with E-state index in [9.17, 15) is 0 Å². The smallest absolute Gasteiger partial charge is 0.156 e. The molecule has 0 aliphatic rings. The number of nitrogens with two attached hydrogens (primary N) is 1. The maximum Gasteiger partial charge on any atom is 0.156 e. The summed E-state index contributed by atoms with van der Waals surface area (Å²) in [5, 5.41) is 11.9. The van der Waals surface area contributed by atoms with E-state index in [-0.39, 0.29) is 0 Å². The summed E-state index contributed by atoms with van der Waals surface area (Å²) in [7, 11) is 0. The largest absolute Gasteiger partial charge is 0.398 e. The molecule has 0 radical (unpaired) electrons. The summed E-state index contributed by atoms with van der Waals surface area (Å²) < 4.78 is 1.64. The number of anilines is 1. The van der Waals surface area contributed by atoms with Gasteiger partial charge in [0.15, 0.2) is 5.82 Å². The maximum absolute atomic E-state index is 5.92. The van der Waals surface area contributed by atoms with Crippen LogP contribution in [0.15, 0.2) is 18.2 Å². The van der Waals surface area contributed by atoms with Gasteiger partial charge in [-0.2, -0.15) is 4.68 Å². The molecule has 1 heterocycles. The SMILES string of the molecule is CCc1nnnn1-c1ccc(N)c(Cl)c1. The fourth-order valence-corrected chi connectivity index (χ4v) is 1.45. The zero-order valence-electron chi connectivity index (χ0n) is 8.18. The van der Waals surface area contributed by atoms with E-state index in [1.54, 1.807) is 16.8 Å². The average Bonchev–Trinajstić information content (AvgIpc) is 2.70. The van der Waals surface area contributed by atoms with Crippen molar-refractivity contribution in [3.8, 4) is 5.69 Å². The van der Waals surface area contributed by atoms with Crippen molar-refractivity contribution >= 4 is 17.3 Å². The summed E-state index contributed by atoms with van der Waals surface area (Å²) in [6.07, 6.45) is 0.759. The van der Waals surface area contributed by atoms with E-state index in [1.165, 1.54) is 0 Å². The molecule has 0 saturated carbocycles. The average molecular weight is 224 g/mol. The van der Waals surface area contributed by atoms with E-state index in [0.29, 0.717) is 10.7 Å². The number of nitrogen functional groups attached to an aromatic ring is 1. The maximum atomic E-state index is 5.92. The normalized spacial score (nSPS) is 10.5. The molecule has 78 valence electrons. The zero-order chi connectivity index (χ0) is 10.8. The molecule has 0 aliphatic heterocycles. The quantitative estimate of drug-likeness (QED) is 0.783. The van der Waals surface area contributed by atoms with Crippen molar-refractivity contribution in [2.75, 3.05) is 5.73 Å². The monoisotopic (exact) mass is 223 g/mol. The lowest BCUT2D eigenvalue weighted by Crippen LogP contribution is -2.02. The summed E-state index contributed by atoms with van der Waals surface area (Å²) in [4.78, 5) is 0. The number of aromatic nitrogens is 4. The fraction of sp³-hybridized carbons (Fsp3) is 0.222. The second-order valence-electron chi connectivity index (χ2n) is 3.07. The van der Waals surface area contributed by atoms with Crippen LogP contribution in [0.3, 0.4) is 0 Å². The third kappa shape index (κ3) is 1.78. The van der Waals surface area contributed by atoms with E-state index < -0.39 is 0 Å². The van der Waals surface area contributed by atoms with E-state index in [4.69, 9.17) is 17.3 Å². The van der Waals surface area contributed by atoms with Crippen molar-refractivity contribution in [3.63, 3.8) is 0 Å². The van der Waals surface area contributed by atoms with Crippen LogP contribution in [0, 0.1) is 0 Å². The number of aryl methyl sites for hydroxylation is 1. The summed E-state index contributed by atoms with van der Waals surface area (Å²) >= 11 is 5.92. The van der Waals surface area contributed by atoms with Gasteiger partial charge < -0.3 is 5.73 Å². The van der Waals surface area contributed by atoms with Gasteiger partial charge in [0.1, 0.15) is 0 Å². The highest BCUT2D eigenvalue weighted by Gasteiger charge is 2.07. The van der Waals surface area contributed by atoms with Gasteiger partial charge in [0.05, 0.1) is 16.4 Å². The van der Waals surface area contributed by atoms with E-state index in [0.717, 1.165) is 17.9 Å². The molecule has 0 unspecified atom stereocenters. The van der Waals surface area contributed by atoms with Gasteiger partial charge in [-0.1, -0.05) is 18.5 Å².